The minimum absolute atomic E-state index is 0.106. The van der Waals surface area contributed by atoms with E-state index in [1.165, 1.54) is 0 Å². The number of anilines is 1. The van der Waals surface area contributed by atoms with Crippen LogP contribution in [0.4, 0.5) is 5.82 Å². The first-order valence-electron chi connectivity index (χ1n) is 7.10. The summed E-state index contributed by atoms with van der Waals surface area (Å²) in [6.45, 7) is 6.44. The largest absolute Gasteiger partial charge is 0.474 e. The molecule has 0 aliphatic carbocycles. The molecule has 5 nitrogen and oxygen atoms in total. The molecule has 1 aliphatic heterocycles. The summed E-state index contributed by atoms with van der Waals surface area (Å²) in [6, 6.07) is 0. The Hall–Kier alpha value is -1.07. The lowest BCUT2D eigenvalue weighted by molar-refractivity contribution is 0.0470. The lowest BCUT2D eigenvalue weighted by Crippen LogP contribution is -2.37. The van der Waals surface area contributed by atoms with E-state index < -0.39 is 0 Å². The zero-order valence-corrected chi connectivity index (χ0v) is 12.8. The smallest absolute Gasteiger partial charge is 0.234 e. The lowest BCUT2D eigenvalue weighted by atomic mass is 10.1. The molecule has 1 aromatic rings. The quantitative estimate of drug-likeness (QED) is 0.755. The Bertz CT molecular complexity index is 409. The Morgan fingerprint density at radius 2 is 2.10 bits per heavy atom. The van der Waals surface area contributed by atoms with Gasteiger partial charge in [0.2, 0.25) is 5.88 Å². The highest BCUT2D eigenvalue weighted by Gasteiger charge is 2.21. The first kappa shape index (κ1) is 15.3. The van der Waals surface area contributed by atoms with Crippen LogP contribution in [0.25, 0.3) is 0 Å². The van der Waals surface area contributed by atoms with Gasteiger partial charge in [-0.05, 0) is 26.7 Å². The molecule has 0 amide bonds. The zero-order chi connectivity index (χ0) is 14.4. The monoisotopic (exact) mass is 299 g/mol. The number of halogens is 1. The maximum Gasteiger partial charge on any atom is 0.234 e. The van der Waals surface area contributed by atoms with Crippen LogP contribution in [0.1, 0.15) is 26.7 Å². The number of aromatic nitrogens is 2. The van der Waals surface area contributed by atoms with E-state index in [0.29, 0.717) is 24.5 Å². The van der Waals surface area contributed by atoms with Crippen molar-refractivity contribution in [2.24, 2.45) is 0 Å². The van der Waals surface area contributed by atoms with Gasteiger partial charge in [-0.15, -0.1) is 11.6 Å². The molecule has 2 heterocycles. The fourth-order valence-corrected chi connectivity index (χ4v) is 2.34. The van der Waals surface area contributed by atoms with E-state index >= 15 is 0 Å². The summed E-state index contributed by atoms with van der Waals surface area (Å²) in [5, 5.41) is 0. The van der Waals surface area contributed by atoms with Gasteiger partial charge in [0, 0.05) is 19.0 Å². The van der Waals surface area contributed by atoms with Gasteiger partial charge in [0.15, 0.2) is 5.82 Å². The van der Waals surface area contributed by atoms with Crippen molar-refractivity contribution in [1.29, 1.82) is 0 Å². The Balaban J connectivity index is 1.89. The van der Waals surface area contributed by atoms with Crippen LogP contribution in [-0.4, -0.2) is 47.8 Å². The standard InChI is InChI=1S/C14H22ClN3O2/c1-11(2)20-14-10-16-9-13(17-14)18-6-3-12(4-7-18)19-8-5-15/h9-12H,3-8H2,1-2H3. The van der Waals surface area contributed by atoms with Gasteiger partial charge in [-0.25, -0.2) is 0 Å². The molecule has 1 saturated heterocycles. The molecule has 0 saturated carbocycles. The van der Waals surface area contributed by atoms with Crippen LogP contribution in [0.2, 0.25) is 0 Å². The predicted octanol–water partition coefficient (Wildman–Crippen LogP) is 2.49. The minimum atomic E-state index is 0.106. The predicted molar refractivity (Wildman–Crippen MR) is 79.7 cm³/mol. The first-order chi connectivity index (χ1) is 9.69. The highest BCUT2D eigenvalue weighted by Crippen LogP contribution is 2.21. The molecule has 2 rings (SSSR count). The third-order valence-corrected chi connectivity index (χ3v) is 3.31. The Kier molecular flexibility index (Phi) is 5.86. The summed E-state index contributed by atoms with van der Waals surface area (Å²) in [5.41, 5.74) is 0. The van der Waals surface area contributed by atoms with Crippen LogP contribution < -0.4 is 9.64 Å². The fourth-order valence-electron chi connectivity index (χ4n) is 2.25. The summed E-state index contributed by atoms with van der Waals surface area (Å²) in [4.78, 5) is 10.9. The lowest BCUT2D eigenvalue weighted by Gasteiger charge is -2.32. The average Bonchev–Trinajstić information content (AvgIpc) is 2.45. The summed E-state index contributed by atoms with van der Waals surface area (Å²) in [7, 11) is 0. The number of hydrogen-bond acceptors (Lipinski definition) is 5. The van der Waals surface area contributed by atoms with Gasteiger partial charge in [0.05, 0.1) is 31.2 Å². The van der Waals surface area contributed by atoms with Crippen molar-refractivity contribution < 1.29 is 9.47 Å². The van der Waals surface area contributed by atoms with Crippen molar-refractivity contribution in [3.05, 3.63) is 12.4 Å². The summed E-state index contributed by atoms with van der Waals surface area (Å²) in [6.07, 6.45) is 5.84. The molecule has 0 spiro atoms. The molecule has 0 radical (unpaired) electrons. The maximum atomic E-state index is 5.67. The van der Waals surface area contributed by atoms with E-state index in [4.69, 9.17) is 21.1 Å². The van der Waals surface area contributed by atoms with Gasteiger partial charge < -0.3 is 14.4 Å². The Morgan fingerprint density at radius 1 is 1.35 bits per heavy atom. The molecule has 1 aliphatic rings. The molecule has 112 valence electrons. The number of nitrogens with zero attached hydrogens (tertiary/aromatic N) is 3. The first-order valence-corrected chi connectivity index (χ1v) is 7.63. The molecule has 0 aromatic carbocycles. The maximum absolute atomic E-state index is 5.67. The molecule has 20 heavy (non-hydrogen) atoms. The second-order valence-corrected chi connectivity index (χ2v) is 5.51. The van der Waals surface area contributed by atoms with Gasteiger partial charge in [0.1, 0.15) is 0 Å². The third-order valence-electron chi connectivity index (χ3n) is 3.15. The molecule has 0 N–H and O–H groups in total. The molecule has 0 bridgehead atoms. The second-order valence-electron chi connectivity index (χ2n) is 5.13. The van der Waals surface area contributed by atoms with Gasteiger partial charge in [-0.1, -0.05) is 0 Å². The van der Waals surface area contributed by atoms with Gasteiger partial charge in [-0.2, -0.15) is 4.98 Å². The highest BCUT2D eigenvalue weighted by atomic mass is 35.5. The van der Waals surface area contributed by atoms with E-state index in [1.54, 1.807) is 12.4 Å². The van der Waals surface area contributed by atoms with Crippen molar-refractivity contribution in [2.45, 2.75) is 38.9 Å². The number of piperidine rings is 1. The highest BCUT2D eigenvalue weighted by molar-refractivity contribution is 6.17. The van der Waals surface area contributed by atoms with Gasteiger partial charge in [-0.3, -0.25) is 4.98 Å². The molecule has 6 heteroatoms. The molecular weight excluding hydrogens is 278 g/mol. The van der Waals surface area contributed by atoms with Crippen molar-refractivity contribution >= 4 is 17.4 Å². The van der Waals surface area contributed by atoms with Gasteiger partial charge in [0.25, 0.3) is 0 Å². The van der Waals surface area contributed by atoms with E-state index in [0.717, 1.165) is 31.7 Å². The molecule has 1 fully saturated rings. The van der Waals surface area contributed by atoms with Crippen molar-refractivity contribution in [2.75, 3.05) is 30.5 Å². The second kappa shape index (κ2) is 7.64. The van der Waals surface area contributed by atoms with Gasteiger partial charge >= 0.3 is 0 Å². The number of ether oxygens (including phenoxy) is 2. The van der Waals surface area contributed by atoms with E-state index in [9.17, 15) is 0 Å². The number of rotatable bonds is 6. The Morgan fingerprint density at radius 3 is 2.75 bits per heavy atom. The third kappa shape index (κ3) is 4.49. The van der Waals surface area contributed by atoms with Crippen LogP contribution in [0.3, 0.4) is 0 Å². The Labute approximate surface area is 125 Å². The molecule has 1 aromatic heterocycles. The van der Waals surface area contributed by atoms with Crippen LogP contribution >= 0.6 is 11.6 Å². The molecule has 0 atom stereocenters. The topological polar surface area (TPSA) is 47.5 Å². The van der Waals surface area contributed by atoms with Crippen LogP contribution in [0, 0.1) is 0 Å². The number of hydrogen-bond donors (Lipinski definition) is 0. The molecule has 0 unspecified atom stereocenters. The van der Waals surface area contributed by atoms with E-state index in [-0.39, 0.29) is 6.10 Å². The SMILES string of the molecule is CC(C)Oc1cncc(N2CCC(OCCCl)CC2)n1. The van der Waals surface area contributed by atoms with Crippen molar-refractivity contribution in [3.63, 3.8) is 0 Å². The molecular formula is C14H22ClN3O2. The van der Waals surface area contributed by atoms with Crippen LogP contribution in [0.5, 0.6) is 5.88 Å². The normalized spacial score (nSPS) is 16.7. The zero-order valence-electron chi connectivity index (χ0n) is 12.1. The van der Waals surface area contributed by atoms with E-state index in [1.807, 2.05) is 13.8 Å². The van der Waals surface area contributed by atoms with Crippen LogP contribution in [0.15, 0.2) is 12.4 Å². The van der Waals surface area contributed by atoms with Crippen LogP contribution in [-0.2, 0) is 4.74 Å². The van der Waals surface area contributed by atoms with Crippen molar-refractivity contribution in [3.8, 4) is 5.88 Å². The summed E-state index contributed by atoms with van der Waals surface area (Å²) < 4.78 is 11.3. The summed E-state index contributed by atoms with van der Waals surface area (Å²) >= 11 is 5.64. The van der Waals surface area contributed by atoms with E-state index in [2.05, 4.69) is 14.9 Å². The fraction of sp³-hybridized carbons (Fsp3) is 0.714. The summed E-state index contributed by atoms with van der Waals surface area (Å²) in [5.74, 6) is 2.01. The number of alkyl halides is 1. The minimum Gasteiger partial charge on any atom is -0.474 e. The average molecular weight is 300 g/mol. The van der Waals surface area contributed by atoms with Crippen molar-refractivity contribution in [1.82, 2.24) is 9.97 Å².